The van der Waals surface area contributed by atoms with Gasteiger partial charge in [-0.25, -0.2) is 0 Å². The molecular weight excluding hydrogens is 395 g/mol. The van der Waals surface area contributed by atoms with Crippen LogP contribution in [0.15, 0.2) is 23.5 Å². The van der Waals surface area contributed by atoms with Crippen molar-refractivity contribution in [3.63, 3.8) is 0 Å². The van der Waals surface area contributed by atoms with Crippen LogP contribution in [0.1, 0.15) is 6.42 Å². The van der Waals surface area contributed by atoms with E-state index in [1.807, 2.05) is 16.9 Å². The van der Waals surface area contributed by atoms with Gasteiger partial charge >= 0.3 is 0 Å². The smallest absolute Gasteiger partial charge is 0.191 e. The van der Waals surface area contributed by atoms with Crippen molar-refractivity contribution >= 4 is 29.9 Å². The van der Waals surface area contributed by atoms with Crippen LogP contribution in [0.25, 0.3) is 0 Å². The largest absolute Gasteiger partial charge is 0.383 e. The lowest BCUT2D eigenvalue weighted by Crippen LogP contribution is -2.41. The second-order valence-corrected chi connectivity index (χ2v) is 4.84. The maximum absolute atomic E-state index is 5.05. The Morgan fingerprint density at radius 1 is 1.32 bits per heavy atom. The van der Waals surface area contributed by atoms with E-state index in [1.165, 1.54) is 0 Å². The third-order valence-corrected chi connectivity index (χ3v) is 3.10. The molecule has 0 spiro atoms. The molecule has 1 heterocycles. The van der Waals surface area contributed by atoms with Crippen LogP contribution >= 0.6 is 24.0 Å². The van der Waals surface area contributed by atoms with Crippen molar-refractivity contribution in [3.05, 3.63) is 18.5 Å². The van der Waals surface area contributed by atoms with Crippen LogP contribution in [0.4, 0.5) is 0 Å². The number of hydrogen-bond acceptors (Lipinski definition) is 4. The molecular formula is C14H29IN6O. The molecule has 22 heavy (non-hydrogen) atoms. The van der Waals surface area contributed by atoms with E-state index in [0.29, 0.717) is 0 Å². The molecule has 0 atom stereocenters. The second kappa shape index (κ2) is 13.8. The highest BCUT2D eigenvalue weighted by molar-refractivity contribution is 14.0. The highest BCUT2D eigenvalue weighted by atomic mass is 127. The Hall–Kier alpha value is -0.870. The van der Waals surface area contributed by atoms with Gasteiger partial charge in [0.25, 0.3) is 0 Å². The van der Waals surface area contributed by atoms with Gasteiger partial charge in [0, 0.05) is 59.3 Å². The van der Waals surface area contributed by atoms with E-state index < -0.39 is 0 Å². The molecule has 0 saturated heterocycles. The number of rotatable bonds is 10. The summed E-state index contributed by atoms with van der Waals surface area (Å²) in [5, 5.41) is 10.8. The Balaban J connectivity index is 0.00000441. The van der Waals surface area contributed by atoms with E-state index in [0.717, 1.165) is 51.7 Å². The number of nitrogens with zero attached hydrogens (tertiary/aromatic N) is 4. The fourth-order valence-corrected chi connectivity index (χ4v) is 1.83. The molecule has 0 amide bonds. The molecule has 0 aliphatic rings. The van der Waals surface area contributed by atoms with Crippen LogP contribution in [0.2, 0.25) is 0 Å². The fourth-order valence-electron chi connectivity index (χ4n) is 1.83. The topological polar surface area (TPSA) is 66.7 Å². The maximum atomic E-state index is 5.05. The molecule has 8 heteroatoms. The van der Waals surface area contributed by atoms with E-state index in [4.69, 9.17) is 4.74 Å². The molecule has 0 fully saturated rings. The average Bonchev–Trinajstić information content (AvgIpc) is 3.00. The zero-order valence-corrected chi connectivity index (χ0v) is 16.1. The summed E-state index contributed by atoms with van der Waals surface area (Å²) in [5.41, 5.74) is 0. The molecule has 128 valence electrons. The van der Waals surface area contributed by atoms with Crippen molar-refractivity contribution in [2.75, 3.05) is 54.0 Å². The SMILES string of the molecule is CN=C(NCCCn1cccn1)NCCN(C)CCOC.I. The monoisotopic (exact) mass is 424 g/mol. The van der Waals surface area contributed by atoms with Crippen LogP contribution < -0.4 is 10.6 Å². The molecule has 0 aromatic carbocycles. The summed E-state index contributed by atoms with van der Waals surface area (Å²) in [4.78, 5) is 6.43. The summed E-state index contributed by atoms with van der Waals surface area (Å²) in [7, 11) is 5.60. The van der Waals surface area contributed by atoms with Gasteiger partial charge in [-0.1, -0.05) is 0 Å². The Kier molecular flexibility index (Phi) is 13.2. The molecule has 0 unspecified atom stereocenters. The Morgan fingerprint density at radius 3 is 2.73 bits per heavy atom. The van der Waals surface area contributed by atoms with Crippen LogP contribution in [-0.4, -0.2) is 74.6 Å². The number of ether oxygens (including phenoxy) is 1. The van der Waals surface area contributed by atoms with Crippen molar-refractivity contribution < 1.29 is 4.74 Å². The highest BCUT2D eigenvalue weighted by Gasteiger charge is 2.00. The molecule has 2 N–H and O–H groups in total. The molecule has 1 aromatic heterocycles. The summed E-state index contributed by atoms with van der Waals surface area (Å²) in [6.45, 7) is 5.30. The number of halogens is 1. The van der Waals surface area contributed by atoms with Gasteiger partial charge in [-0.2, -0.15) is 5.10 Å². The first-order chi connectivity index (χ1) is 10.3. The minimum Gasteiger partial charge on any atom is -0.383 e. The van der Waals surface area contributed by atoms with Crippen molar-refractivity contribution in [1.29, 1.82) is 0 Å². The first-order valence-corrected chi connectivity index (χ1v) is 7.35. The zero-order valence-electron chi connectivity index (χ0n) is 13.8. The van der Waals surface area contributed by atoms with E-state index in [1.54, 1.807) is 20.4 Å². The van der Waals surface area contributed by atoms with Gasteiger partial charge in [0.1, 0.15) is 0 Å². The highest BCUT2D eigenvalue weighted by Crippen LogP contribution is 1.88. The Morgan fingerprint density at radius 2 is 2.09 bits per heavy atom. The van der Waals surface area contributed by atoms with Gasteiger partial charge < -0.3 is 20.3 Å². The summed E-state index contributed by atoms with van der Waals surface area (Å²) in [5.74, 6) is 0.843. The predicted molar refractivity (Wildman–Crippen MR) is 101 cm³/mol. The van der Waals surface area contributed by atoms with Gasteiger partial charge in [0.05, 0.1) is 6.61 Å². The lowest BCUT2D eigenvalue weighted by molar-refractivity contribution is 0.162. The van der Waals surface area contributed by atoms with E-state index in [-0.39, 0.29) is 24.0 Å². The summed E-state index contributed by atoms with van der Waals surface area (Å²) in [6.07, 6.45) is 4.78. The van der Waals surface area contributed by atoms with Crippen LogP contribution in [0.5, 0.6) is 0 Å². The molecule has 0 bridgehead atoms. The number of likely N-dealkylation sites (N-methyl/N-ethyl adjacent to an activating group) is 1. The summed E-state index contributed by atoms with van der Waals surface area (Å²) in [6, 6.07) is 1.94. The minimum atomic E-state index is 0. The predicted octanol–water partition coefficient (Wildman–Crippen LogP) is 0.634. The number of methoxy groups -OCH3 is 1. The summed E-state index contributed by atoms with van der Waals surface area (Å²) >= 11 is 0. The zero-order chi connectivity index (χ0) is 15.3. The quantitative estimate of drug-likeness (QED) is 0.250. The molecule has 0 radical (unpaired) electrons. The van der Waals surface area contributed by atoms with Gasteiger partial charge in [0.2, 0.25) is 0 Å². The summed E-state index contributed by atoms with van der Waals surface area (Å²) < 4.78 is 6.99. The molecule has 0 saturated carbocycles. The van der Waals surface area contributed by atoms with E-state index in [9.17, 15) is 0 Å². The van der Waals surface area contributed by atoms with E-state index in [2.05, 4.69) is 32.7 Å². The Labute approximate surface area is 150 Å². The van der Waals surface area contributed by atoms with Gasteiger partial charge in [-0.3, -0.25) is 9.67 Å². The lowest BCUT2D eigenvalue weighted by atomic mass is 10.4. The van der Waals surface area contributed by atoms with Crippen molar-refractivity contribution in [2.24, 2.45) is 4.99 Å². The minimum absolute atomic E-state index is 0. The van der Waals surface area contributed by atoms with Crippen molar-refractivity contribution in [1.82, 2.24) is 25.3 Å². The van der Waals surface area contributed by atoms with Gasteiger partial charge in [0.15, 0.2) is 5.96 Å². The molecule has 0 aliphatic carbocycles. The third kappa shape index (κ3) is 9.96. The van der Waals surface area contributed by atoms with Crippen LogP contribution in [0, 0.1) is 0 Å². The average molecular weight is 424 g/mol. The Bertz CT molecular complexity index is 385. The van der Waals surface area contributed by atoms with Crippen LogP contribution in [-0.2, 0) is 11.3 Å². The molecule has 7 nitrogen and oxygen atoms in total. The van der Waals surface area contributed by atoms with Gasteiger partial charge in [-0.15, -0.1) is 24.0 Å². The number of nitrogens with one attached hydrogen (secondary N) is 2. The number of guanidine groups is 1. The normalized spacial score (nSPS) is 11.4. The number of aromatic nitrogens is 2. The van der Waals surface area contributed by atoms with Crippen LogP contribution in [0.3, 0.4) is 0 Å². The molecule has 1 aromatic rings. The van der Waals surface area contributed by atoms with Crippen molar-refractivity contribution in [2.45, 2.75) is 13.0 Å². The van der Waals surface area contributed by atoms with E-state index >= 15 is 0 Å². The van der Waals surface area contributed by atoms with Crippen molar-refractivity contribution in [3.8, 4) is 0 Å². The first kappa shape index (κ1) is 21.1. The lowest BCUT2D eigenvalue weighted by Gasteiger charge is -2.17. The number of aryl methyl sites for hydroxylation is 1. The maximum Gasteiger partial charge on any atom is 0.191 e. The van der Waals surface area contributed by atoms with Gasteiger partial charge in [-0.05, 0) is 19.5 Å². The first-order valence-electron chi connectivity index (χ1n) is 7.35. The molecule has 0 aliphatic heterocycles. The molecule has 1 rings (SSSR count). The fraction of sp³-hybridized carbons (Fsp3) is 0.714. The third-order valence-electron chi connectivity index (χ3n) is 3.10. The second-order valence-electron chi connectivity index (χ2n) is 4.84. The number of hydrogen-bond donors (Lipinski definition) is 2. The number of aliphatic imine (C=N–C) groups is 1. The standard InChI is InChI=1S/C14H28N6O.HI/c1-15-14(17-8-11-19(2)12-13-21-3)16-6-4-9-20-10-5-7-18-20;/h5,7,10H,4,6,8-9,11-13H2,1-3H3,(H2,15,16,17);1H.